The largest absolute Gasteiger partial charge is 0.447 e. The van der Waals surface area contributed by atoms with Crippen molar-refractivity contribution in [2.45, 2.75) is 95.8 Å². The van der Waals surface area contributed by atoms with E-state index in [0.29, 0.717) is 12.5 Å². The number of nitrogens with zero attached hydrogens (tertiary/aromatic N) is 7. The van der Waals surface area contributed by atoms with Crippen LogP contribution in [0, 0.1) is 10.8 Å². The highest BCUT2D eigenvalue weighted by molar-refractivity contribution is 6.32. The smallest absolute Gasteiger partial charge is 0.407 e. The van der Waals surface area contributed by atoms with E-state index < -0.39 is 71.7 Å². The lowest BCUT2D eigenvalue weighted by molar-refractivity contribution is -0.138. The van der Waals surface area contributed by atoms with Gasteiger partial charge in [-0.1, -0.05) is 63.6 Å². The lowest BCUT2D eigenvalue weighted by Gasteiger charge is -2.45. The van der Waals surface area contributed by atoms with Gasteiger partial charge in [0.2, 0.25) is 0 Å². The van der Waals surface area contributed by atoms with E-state index in [9.17, 15) is 22.4 Å². The van der Waals surface area contributed by atoms with E-state index in [1.54, 1.807) is 0 Å². The van der Waals surface area contributed by atoms with Crippen LogP contribution in [0.2, 0.25) is 5.02 Å². The van der Waals surface area contributed by atoms with E-state index in [2.05, 4.69) is 26.6 Å². The molecule has 0 saturated heterocycles. The molecule has 2 fully saturated rings. The first kappa shape index (κ1) is 36.6. The van der Waals surface area contributed by atoms with E-state index in [-0.39, 0.29) is 28.7 Å². The van der Waals surface area contributed by atoms with Gasteiger partial charge < -0.3 is 15.8 Å². The van der Waals surface area contributed by atoms with Gasteiger partial charge in [0.05, 0.1) is 29.0 Å². The van der Waals surface area contributed by atoms with Gasteiger partial charge in [-0.2, -0.15) is 10.2 Å². The molecule has 3 heterocycles. The minimum Gasteiger partial charge on any atom is -0.447 e. The average Bonchev–Trinajstić information content (AvgIpc) is 3.81. The molecule has 0 spiro atoms. The SMILES string of the molecule is CC(C)(C)C[C@]1(C2(C)C=CC(c3cnn(C4CC4)c3)=CC2)N=C(N)N([C@H](COC(=O)NC2CC2(F)F)c2ccc(Cl)c(-n3ncnc3C(F)F)c2)C1=O. The first-order chi connectivity index (χ1) is 24.9. The Morgan fingerprint density at radius 3 is 2.57 bits per heavy atom. The number of carbonyl (C=O) groups is 2. The van der Waals surface area contributed by atoms with Crippen molar-refractivity contribution in [3.63, 3.8) is 0 Å². The normalized spacial score (nSPS) is 25.7. The van der Waals surface area contributed by atoms with Crippen LogP contribution in [0.3, 0.4) is 0 Å². The highest BCUT2D eigenvalue weighted by Gasteiger charge is 2.61. The molecule has 0 radical (unpaired) electrons. The maximum absolute atomic E-state index is 15.2. The summed E-state index contributed by atoms with van der Waals surface area (Å²) >= 11 is 6.47. The van der Waals surface area contributed by atoms with Crippen molar-refractivity contribution in [1.82, 2.24) is 34.8 Å². The Bertz CT molecular complexity index is 2030. The summed E-state index contributed by atoms with van der Waals surface area (Å²) in [5.74, 6) is -4.37. The second kappa shape index (κ2) is 13.0. The average molecular weight is 758 g/mol. The number of alkyl halides is 4. The Hall–Kier alpha value is -4.73. The number of amides is 2. The number of guanidine groups is 1. The molecule has 0 bridgehead atoms. The summed E-state index contributed by atoms with van der Waals surface area (Å²) in [7, 11) is 0. The fourth-order valence-electron chi connectivity index (χ4n) is 7.15. The van der Waals surface area contributed by atoms with Crippen molar-refractivity contribution >= 4 is 35.1 Å². The summed E-state index contributed by atoms with van der Waals surface area (Å²) in [6.07, 6.45) is 9.06. The number of allylic oxidation sites excluding steroid dienone is 3. The number of rotatable bonds is 11. The Labute approximate surface area is 308 Å². The van der Waals surface area contributed by atoms with Gasteiger partial charge in [-0.25, -0.2) is 37.0 Å². The van der Waals surface area contributed by atoms with Crippen LogP contribution in [-0.2, 0) is 9.53 Å². The van der Waals surface area contributed by atoms with Gasteiger partial charge in [-0.15, -0.1) is 0 Å². The van der Waals surface area contributed by atoms with Crippen LogP contribution in [0.25, 0.3) is 11.3 Å². The standard InChI is InChI=1S/C36H40ClF4N9O3/c1-33(2,3)18-35(34(4)11-9-20(10-12-34)22-15-44-48(16-22)23-6-7-23)30(51)49(31(42)47-35)26(17-53-32(52)46-27-14-36(27,40)41)21-5-8-24(37)25(13-21)50-29(28(38)39)43-19-45-50/h5,8-11,13,15-16,19,23,26-28H,6-7,12,14,17-18H2,1-4H3,(H2,42,47)(H,46,52)/t26-,27?,34?,35+/m1/s1. The predicted molar refractivity (Wildman–Crippen MR) is 188 cm³/mol. The molecule has 2 unspecified atom stereocenters. The van der Waals surface area contributed by atoms with Crippen LogP contribution in [0.1, 0.15) is 95.3 Å². The number of carbonyl (C=O) groups excluding carboxylic acids is 2. The molecular formula is C36H40ClF4N9O3. The number of aliphatic imine (C=N–C) groups is 1. The molecular weight excluding hydrogens is 718 g/mol. The van der Waals surface area contributed by atoms with Gasteiger partial charge in [0.25, 0.3) is 18.3 Å². The summed E-state index contributed by atoms with van der Waals surface area (Å²) in [6, 6.07) is 2.20. The minimum atomic E-state index is -3.05. The molecule has 2 aromatic heterocycles. The maximum atomic E-state index is 15.2. The molecule has 12 nitrogen and oxygen atoms in total. The maximum Gasteiger partial charge on any atom is 0.407 e. The quantitative estimate of drug-likeness (QED) is 0.202. The van der Waals surface area contributed by atoms with Crippen molar-refractivity contribution in [3.8, 4) is 5.69 Å². The van der Waals surface area contributed by atoms with E-state index in [1.807, 2.05) is 56.9 Å². The number of alkyl carbamates (subject to hydrolysis) is 1. The zero-order valence-corrected chi connectivity index (χ0v) is 30.3. The predicted octanol–water partition coefficient (Wildman–Crippen LogP) is 6.95. The summed E-state index contributed by atoms with van der Waals surface area (Å²) in [4.78, 5) is 37.7. The summed E-state index contributed by atoms with van der Waals surface area (Å²) < 4.78 is 63.3. The second-order valence-corrected chi connectivity index (χ2v) is 16.0. The Kier molecular flexibility index (Phi) is 8.97. The van der Waals surface area contributed by atoms with Gasteiger partial charge in [-0.3, -0.25) is 14.4 Å². The first-order valence-corrected chi connectivity index (χ1v) is 17.7. The number of nitrogens with two attached hydrogens (primary N) is 1. The molecule has 3 N–H and O–H groups in total. The fourth-order valence-corrected chi connectivity index (χ4v) is 7.35. The Morgan fingerprint density at radius 1 is 1.21 bits per heavy atom. The zero-order valence-electron chi connectivity index (χ0n) is 29.6. The highest BCUT2D eigenvalue weighted by atomic mass is 35.5. The van der Waals surface area contributed by atoms with E-state index in [4.69, 9.17) is 27.1 Å². The van der Waals surface area contributed by atoms with Crippen LogP contribution < -0.4 is 11.1 Å². The molecule has 4 aliphatic rings. The molecule has 3 aromatic rings. The van der Waals surface area contributed by atoms with Crippen LogP contribution in [0.4, 0.5) is 22.4 Å². The number of benzene rings is 1. The fraction of sp³-hybridized carbons (Fsp3) is 0.500. The molecule has 2 saturated carbocycles. The van der Waals surface area contributed by atoms with Crippen LogP contribution in [0.5, 0.6) is 0 Å². The third-order valence-corrected chi connectivity index (χ3v) is 10.6. The minimum absolute atomic E-state index is 0.0111. The van der Waals surface area contributed by atoms with Crippen molar-refractivity contribution in [2.75, 3.05) is 6.61 Å². The monoisotopic (exact) mass is 757 g/mol. The summed E-state index contributed by atoms with van der Waals surface area (Å²) in [6.45, 7) is 7.35. The van der Waals surface area contributed by atoms with Crippen LogP contribution in [0.15, 0.2) is 60.1 Å². The number of ether oxygens (including phenoxy) is 1. The van der Waals surface area contributed by atoms with Crippen molar-refractivity contribution in [3.05, 3.63) is 77.1 Å². The lowest BCUT2D eigenvalue weighted by Crippen LogP contribution is -2.55. The number of aromatic nitrogens is 5. The third-order valence-electron chi connectivity index (χ3n) is 10.2. The molecule has 3 aliphatic carbocycles. The van der Waals surface area contributed by atoms with Crippen molar-refractivity contribution in [1.29, 1.82) is 0 Å². The van der Waals surface area contributed by atoms with E-state index in [1.165, 1.54) is 23.1 Å². The topological polar surface area (TPSA) is 146 Å². The van der Waals surface area contributed by atoms with Crippen LogP contribution in [-0.4, -0.2) is 71.5 Å². The Morgan fingerprint density at radius 2 is 1.94 bits per heavy atom. The van der Waals surface area contributed by atoms with E-state index in [0.717, 1.165) is 35.0 Å². The number of hydrogen-bond acceptors (Lipinski definition) is 8. The molecule has 53 heavy (non-hydrogen) atoms. The second-order valence-electron chi connectivity index (χ2n) is 15.6. The van der Waals surface area contributed by atoms with E-state index >= 15 is 4.79 Å². The molecule has 1 aromatic carbocycles. The third kappa shape index (κ3) is 6.93. The molecule has 282 valence electrons. The van der Waals surface area contributed by atoms with Gasteiger partial charge >= 0.3 is 6.09 Å². The van der Waals surface area contributed by atoms with Gasteiger partial charge in [0.15, 0.2) is 17.3 Å². The number of hydrogen-bond donors (Lipinski definition) is 2. The molecule has 4 atom stereocenters. The Balaban J connectivity index is 1.25. The first-order valence-electron chi connectivity index (χ1n) is 17.3. The molecule has 1 aliphatic heterocycles. The molecule has 17 heteroatoms. The lowest BCUT2D eigenvalue weighted by atomic mass is 9.61. The molecule has 7 rings (SSSR count). The number of halogens is 5. The van der Waals surface area contributed by atoms with Gasteiger partial charge in [0, 0.05) is 23.6 Å². The molecule has 2 amide bonds. The summed E-state index contributed by atoms with van der Waals surface area (Å²) in [5.41, 5.74) is 6.12. The van der Waals surface area contributed by atoms with Crippen LogP contribution >= 0.6 is 11.6 Å². The number of nitrogens with one attached hydrogen (secondary N) is 1. The summed E-state index contributed by atoms with van der Waals surface area (Å²) in [5, 5.41) is 10.6. The highest BCUT2D eigenvalue weighted by Crippen LogP contribution is 2.53. The van der Waals surface area contributed by atoms with Crippen molar-refractivity contribution in [2.24, 2.45) is 21.6 Å². The van der Waals surface area contributed by atoms with Gasteiger partial charge in [0.1, 0.15) is 19.0 Å². The van der Waals surface area contributed by atoms with Gasteiger partial charge in [-0.05, 0) is 54.4 Å². The zero-order chi connectivity index (χ0) is 38.1. The van der Waals surface area contributed by atoms with Crippen molar-refractivity contribution < 1.29 is 31.9 Å².